The lowest BCUT2D eigenvalue weighted by Gasteiger charge is -2.24. The minimum absolute atomic E-state index is 0.257. The van der Waals surface area contributed by atoms with E-state index in [1.54, 1.807) is 12.1 Å². The van der Waals surface area contributed by atoms with E-state index in [-0.39, 0.29) is 17.3 Å². The minimum atomic E-state index is -0.342. The first kappa shape index (κ1) is 16.3. The van der Waals surface area contributed by atoms with Crippen LogP contribution in [0.25, 0.3) is 0 Å². The molecule has 1 saturated carbocycles. The average Bonchev–Trinajstić information content (AvgIpc) is 3.12. The van der Waals surface area contributed by atoms with Crippen LogP contribution >= 0.6 is 0 Å². The van der Waals surface area contributed by atoms with Crippen LogP contribution in [0.2, 0.25) is 0 Å². The third kappa shape index (κ3) is 4.04. The summed E-state index contributed by atoms with van der Waals surface area (Å²) in [6.45, 7) is 0.575. The highest BCUT2D eigenvalue weighted by atomic mass is 16.2. The molecule has 1 atom stereocenters. The number of pyridine rings is 1. The molecule has 2 aromatic rings. The molecule has 1 fully saturated rings. The van der Waals surface area contributed by atoms with Crippen LogP contribution in [0.4, 0.5) is 10.5 Å². The second kappa shape index (κ2) is 7.81. The standard InChI is InChI=1S/C19H23N3O2/c23-18-17(11-6-12-20-18)22-19(24)21-13-16(15-9-4-5-10-15)14-7-2-1-3-8-14/h1-3,6-8,11-12,15-16H,4-5,9-10,13H2,(H,20,23)(H2,21,22,24). The zero-order valence-electron chi connectivity index (χ0n) is 13.6. The van der Waals surface area contributed by atoms with Gasteiger partial charge in [-0.2, -0.15) is 0 Å². The molecule has 5 heteroatoms. The molecule has 1 aliphatic rings. The summed E-state index contributed by atoms with van der Waals surface area (Å²) >= 11 is 0. The van der Waals surface area contributed by atoms with Gasteiger partial charge in [0.1, 0.15) is 5.69 Å². The number of aromatic amines is 1. The zero-order chi connectivity index (χ0) is 16.8. The van der Waals surface area contributed by atoms with Crippen molar-refractivity contribution in [3.05, 3.63) is 64.6 Å². The Morgan fingerprint density at radius 3 is 2.58 bits per heavy atom. The molecule has 0 saturated heterocycles. The van der Waals surface area contributed by atoms with Gasteiger partial charge in [-0.25, -0.2) is 4.79 Å². The molecule has 0 radical (unpaired) electrons. The number of carbonyl (C=O) groups is 1. The van der Waals surface area contributed by atoms with Crippen LogP contribution in [-0.2, 0) is 0 Å². The summed E-state index contributed by atoms with van der Waals surface area (Å²) in [6, 6.07) is 13.3. The molecule has 1 aliphatic carbocycles. The van der Waals surface area contributed by atoms with Crippen LogP contribution in [0, 0.1) is 5.92 Å². The monoisotopic (exact) mass is 325 g/mol. The normalized spacial score (nSPS) is 15.8. The van der Waals surface area contributed by atoms with E-state index in [1.165, 1.54) is 37.4 Å². The fourth-order valence-corrected chi connectivity index (χ4v) is 3.51. The second-order valence-electron chi connectivity index (χ2n) is 6.31. The molecular weight excluding hydrogens is 302 g/mol. The van der Waals surface area contributed by atoms with Crippen LogP contribution in [0.3, 0.4) is 0 Å². The quantitative estimate of drug-likeness (QED) is 0.787. The van der Waals surface area contributed by atoms with Crippen molar-refractivity contribution in [3.8, 4) is 0 Å². The lowest BCUT2D eigenvalue weighted by molar-refractivity contribution is 0.250. The van der Waals surface area contributed by atoms with Crippen LogP contribution in [0.15, 0.2) is 53.5 Å². The molecule has 1 aromatic heterocycles. The number of amides is 2. The summed E-state index contributed by atoms with van der Waals surface area (Å²) in [5, 5.41) is 5.54. The van der Waals surface area contributed by atoms with Gasteiger partial charge in [0.15, 0.2) is 0 Å². The van der Waals surface area contributed by atoms with Gasteiger partial charge in [-0.1, -0.05) is 43.2 Å². The van der Waals surface area contributed by atoms with Gasteiger partial charge in [0.25, 0.3) is 5.56 Å². The number of hydrogen-bond donors (Lipinski definition) is 3. The summed E-state index contributed by atoms with van der Waals surface area (Å²) in [6.07, 6.45) is 6.48. The second-order valence-corrected chi connectivity index (χ2v) is 6.31. The first-order chi connectivity index (χ1) is 11.7. The van der Waals surface area contributed by atoms with Gasteiger partial charge in [0.05, 0.1) is 0 Å². The molecule has 126 valence electrons. The van der Waals surface area contributed by atoms with Crippen molar-refractivity contribution in [2.45, 2.75) is 31.6 Å². The van der Waals surface area contributed by atoms with Crippen LogP contribution in [0.1, 0.15) is 37.2 Å². The van der Waals surface area contributed by atoms with Gasteiger partial charge in [0, 0.05) is 18.7 Å². The lowest BCUT2D eigenvalue weighted by Crippen LogP contribution is -2.35. The van der Waals surface area contributed by atoms with Gasteiger partial charge in [-0.15, -0.1) is 0 Å². The predicted molar refractivity (Wildman–Crippen MR) is 95.2 cm³/mol. The Hall–Kier alpha value is -2.56. The summed E-state index contributed by atoms with van der Waals surface area (Å²) in [5.41, 5.74) is 1.22. The van der Waals surface area contributed by atoms with Gasteiger partial charge >= 0.3 is 6.03 Å². The van der Waals surface area contributed by atoms with Crippen LogP contribution in [-0.4, -0.2) is 17.6 Å². The molecular formula is C19H23N3O2. The van der Waals surface area contributed by atoms with E-state index in [0.717, 1.165) is 0 Å². The zero-order valence-corrected chi connectivity index (χ0v) is 13.6. The van der Waals surface area contributed by atoms with Crippen molar-refractivity contribution in [2.75, 3.05) is 11.9 Å². The number of aromatic nitrogens is 1. The maximum absolute atomic E-state index is 12.1. The van der Waals surface area contributed by atoms with Crippen molar-refractivity contribution in [3.63, 3.8) is 0 Å². The highest BCUT2D eigenvalue weighted by Gasteiger charge is 2.26. The Morgan fingerprint density at radius 2 is 1.88 bits per heavy atom. The molecule has 1 aromatic carbocycles. The maximum atomic E-state index is 12.1. The number of carbonyl (C=O) groups excluding carboxylic acids is 1. The molecule has 3 rings (SSSR count). The largest absolute Gasteiger partial charge is 0.337 e. The molecule has 0 aliphatic heterocycles. The fourth-order valence-electron chi connectivity index (χ4n) is 3.51. The smallest absolute Gasteiger partial charge is 0.319 e. The predicted octanol–water partition coefficient (Wildman–Crippen LogP) is 3.47. The number of rotatable bonds is 5. The highest BCUT2D eigenvalue weighted by Crippen LogP contribution is 2.36. The summed E-state index contributed by atoms with van der Waals surface area (Å²) < 4.78 is 0. The number of benzene rings is 1. The number of urea groups is 1. The molecule has 5 nitrogen and oxygen atoms in total. The average molecular weight is 325 g/mol. The molecule has 0 spiro atoms. The Labute approximate surface area is 141 Å². The Kier molecular flexibility index (Phi) is 5.31. The number of H-pyrrole nitrogens is 1. The van der Waals surface area contributed by atoms with E-state index in [9.17, 15) is 9.59 Å². The van der Waals surface area contributed by atoms with Crippen molar-refractivity contribution in [1.82, 2.24) is 10.3 Å². The molecule has 0 bridgehead atoms. The first-order valence-electron chi connectivity index (χ1n) is 8.51. The van der Waals surface area contributed by atoms with E-state index in [1.807, 2.05) is 18.2 Å². The number of nitrogens with one attached hydrogen (secondary N) is 3. The van der Waals surface area contributed by atoms with Gasteiger partial charge in [0.2, 0.25) is 0 Å². The van der Waals surface area contributed by atoms with Gasteiger partial charge in [-0.3, -0.25) is 4.79 Å². The van der Waals surface area contributed by atoms with E-state index in [2.05, 4.69) is 27.8 Å². The number of hydrogen-bond acceptors (Lipinski definition) is 2. The first-order valence-corrected chi connectivity index (χ1v) is 8.51. The van der Waals surface area contributed by atoms with Crippen molar-refractivity contribution in [2.24, 2.45) is 5.92 Å². The SMILES string of the molecule is O=C(NCC(c1ccccc1)C1CCCC1)Nc1ccc[nH]c1=O. The topological polar surface area (TPSA) is 74.0 Å². The van der Waals surface area contributed by atoms with E-state index in [4.69, 9.17) is 0 Å². The van der Waals surface area contributed by atoms with Gasteiger partial charge < -0.3 is 15.6 Å². The summed E-state index contributed by atoms with van der Waals surface area (Å²) in [7, 11) is 0. The van der Waals surface area contributed by atoms with Gasteiger partial charge in [-0.05, 0) is 36.5 Å². The molecule has 1 unspecified atom stereocenters. The van der Waals surface area contributed by atoms with Crippen LogP contribution in [0.5, 0.6) is 0 Å². The van der Waals surface area contributed by atoms with Crippen LogP contribution < -0.4 is 16.2 Å². The third-order valence-corrected chi connectivity index (χ3v) is 4.75. The Morgan fingerprint density at radius 1 is 1.12 bits per heavy atom. The Bertz CT molecular complexity index is 721. The summed E-state index contributed by atoms with van der Waals surface area (Å²) in [5.74, 6) is 0.918. The Balaban J connectivity index is 1.64. The molecule has 3 N–H and O–H groups in total. The molecule has 2 amide bonds. The minimum Gasteiger partial charge on any atom is -0.337 e. The highest BCUT2D eigenvalue weighted by molar-refractivity contribution is 5.88. The van der Waals surface area contributed by atoms with Crippen molar-refractivity contribution in [1.29, 1.82) is 0 Å². The van der Waals surface area contributed by atoms with E-state index >= 15 is 0 Å². The van der Waals surface area contributed by atoms with E-state index in [0.29, 0.717) is 18.4 Å². The lowest BCUT2D eigenvalue weighted by atomic mass is 9.85. The maximum Gasteiger partial charge on any atom is 0.319 e. The fraction of sp³-hybridized carbons (Fsp3) is 0.368. The van der Waals surface area contributed by atoms with E-state index < -0.39 is 0 Å². The van der Waals surface area contributed by atoms with Crippen molar-refractivity contribution >= 4 is 11.7 Å². The molecule has 1 heterocycles. The third-order valence-electron chi connectivity index (χ3n) is 4.75. The number of anilines is 1. The van der Waals surface area contributed by atoms with Crippen molar-refractivity contribution < 1.29 is 4.79 Å². The molecule has 24 heavy (non-hydrogen) atoms. The summed E-state index contributed by atoms with van der Waals surface area (Å²) in [4.78, 5) is 26.3.